The van der Waals surface area contributed by atoms with Crippen LogP contribution in [0.25, 0.3) is 0 Å². The van der Waals surface area contributed by atoms with Gasteiger partial charge in [-0.15, -0.1) is 0 Å². The molecular formula is C13H14FNO2S. The lowest BCUT2D eigenvalue weighted by atomic mass is 10.2. The van der Waals surface area contributed by atoms with Gasteiger partial charge < -0.3 is 4.90 Å². The maximum absolute atomic E-state index is 13.5. The Kier molecular flexibility index (Phi) is 4.01. The number of thioether (sulfide) groups is 1. The molecule has 1 heterocycles. The topological polar surface area (TPSA) is 37.4 Å². The number of nitrogens with zero attached hydrogens (tertiary/aromatic N) is 1. The molecule has 1 unspecified atom stereocenters. The van der Waals surface area contributed by atoms with Gasteiger partial charge in [0.05, 0.1) is 0 Å². The molecule has 1 saturated heterocycles. The molecule has 96 valence electrons. The van der Waals surface area contributed by atoms with Crippen molar-refractivity contribution in [2.75, 3.05) is 6.54 Å². The molecule has 1 aromatic carbocycles. The summed E-state index contributed by atoms with van der Waals surface area (Å²) in [5.41, 5.74) is 0.513. The van der Waals surface area contributed by atoms with E-state index in [9.17, 15) is 14.0 Å². The van der Waals surface area contributed by atoms with Crippen molar-refractivity contribution in [1.82, 2.24) is 4.90 Å². The smallest absolute Gasteiger partial charge is 0.224 e. The first-order valence-electron chi connectivity index (χ1n) is 5.74. The van der Waals surface area contributed by atoms with Gasteiger partial charge in [0.1, 0.15) is 5.82 Å². The third-order valence-corrected chi connectivity index (χ3v) is 3.81. The number of amides is 1. The molecule has 0 aromatic heterocycles. The van der Waals surface area contributed by atoms with Crippen molar-refractivity contribution < 1.29 is 14.0 Å². The van der Waals surface area contributed by atoms with Crippen LogP contribution in [0.15, 0.2) is 24.3 Å². The molecule has 1 atom stereocenters. The van der Waals surface area contributed by atoms with Gasteiger partial charge in [-0.3, -0.25) is 9.59 Å². The fourth-order valence-electron chi connectivity index (χ4n) is 2.03. The molecule has 1 aromatic rings. The molecule has 2 rings (SSSR count). The van der Waals surface area contributed by atoms with Crippen LogP contribution in [0, 0.1) is 5.82 Å². The fraction of sp³-hybridized carbons (Fsp3) is 0.385. The number of carbonyl (C=O) groups is 2. The van der Waals surface area contributed by atoms with Crippen LogP contribution in [0.1, 0.15) is 18.9 Å². The maximum atomic E-state index is 13.5. The number of rotatable bonds is 3. The molecule has 1 fully saturated rings. The van der Waals surface area contributed by atoms with Gasteiger partial charge in [0.25, 0.3) is 0 Å². The molecule has 0 spiro atoms. The summed E-state index contributed by atoms with van der Waals surface area (Å²) in [5, 5.41) is 0.0160. The highest BCUT2D eigenvalue weighted by atomic mass is 32.2. The lowest BCUT2D eigenvalue weighted by Crippen LogP contribution is -2.25. The first kappa shape index (κ1) is 13.1. The third kappa shape index (κ3) is 3.10. The summed E-state index contributed by atoms with van der Waals surface area (Å²) < 4.78 is 13.5. The van der Waals surface area contributed by atoms with Gasteiger partial charge in [-0.05, 0) is 6.07 Å². The summed E-state index contributed by atoms with van der Waals surface area (Å²) in [5.74, 6) is -0.315. The van der Waals surface area contributed by atoms with Crippen molar-refractivity contribution in [3.05, 3.63) is 35.6 Å². The van der Waals surface area contributed by atoms with Crippen LogP contribution < -0.4 is 0 Å². The van der Waals surface area contributed by atoms with E-state index in [-0.39, 0.29) is 28.6 Å². The predicted molar refractivity (Wildman–Crippen MR) is 68.5 cm³/mol. The van der Waals surface area contributed by atoms with Gasteiger partial charge in [0.2, 0.25) is 5.91 Å². The lowest BCUT2D eigenvalue weighted by molar-refractivity contribution is -0.128. The Labute approximate surface area is 109 Å². The zero-order chi connectivity index (χ0) is 13.1. The Morgan fingerprint density at radius 2 is 2.22 bits per heavy atom. The van der Waals surface area contributed by atoms with Crippen molar-refractivity contribution in [2.45, 2.75) is 25.1 Å². The zero-order valence-electron chi connectivity index (χ0n) is 10.1. The first-order valence-corrected chi connectivity index (χ1v) is 6.62. The highest BCUT2D eigenvalue weighted by Gasteiger charge is 2.31. The lowest BCUT2D eigenvalue weighted by Gasteiger charge is -2.16. The highest BCUT2D eigenvalue weighted by Crippen LogP contribution is 2.25. The molecule has 1 amide bonds. The van der Waals surface area contributed by atoms with E-state index in [2.05, 4.69) is 0 Å². The summed E-state index contributed by atoms with van der Waals surface area (Å²) in [6, 6.07) is 6.44. The number of halogens is 1. The van der Waals surface area contributed by atoms with Gasteiger partial charge >= 0.3 is 0 Å². The van der Waals surface area contributed by atoms with Gasteiger partial charge in [-0.2, -0.15) is 0 Å². The summed E-state index contributed by atoms with van der Waals surface area (Å²) >= 11 is 1.19. The van der Waals surface area contributed by atoms with Crippen LogP contribution in [-0.4, -0.2) is 27.7 Å². The average molecular weight is 267 g/mol. The summed E-state index contributed by atoms with van der Waals surface area (Å²) in [4.78, 5) is 24.4. The number of benzene rings is 1. The van der Waals surface area contributed by atoms with E-state index in [1.54, 1.807) is 23.1 Å². The predicted octanol–water partition coefficient (Wildman–Crippen LogP) is 2.21. The SMILES string of the molecule is CC(=O)SC1CC(=O)N(Cc2ccccc2F)C1. The van der Waals surface area contributed by atoms with E-state index in [1.165, 1.54) is 24.8 Å². The maximum Gasteiger partial charge on any atom is 0.224 e. The fourth-order valence-corrected chi connectivity index (χ4v) is 2.98. The monoisotopic (exact) mass is 267 g/mol. The van der Waals surface area contributed by atoms with E-state index < -0.39 is 0 Å². The second kappa shape index (κ2) is 5.52. The van der Waals surface area contributed by atoms with Crippen LogP contribution in [0.4, 0.5) is 4.39 Å². The second-order valence-electron chi connectivity index (χ2n) is 4.30. The van der Waals surface area contributed by atoms with Gasteiger partial charge in [0.15, 0.2) is 5.12 Å². The zero-order valence-corrected chi connectivity index (χ0v) is 10.9. The molecule has 0 aliphatic carbocycles. The Bertz CT molecular complexity index is 478. The minimum absolute atomic E-state index is 0.00164. The molecule has 0 bridgehead atoms. The van der Waals surface area contributed by atoms with Gasteiger partial charge in [-0.25, -0.2) is 4.39 Å². The van der Waals surface area contributed by atoms with Crippen molar-refractivity contribution in [2.24, 2.45) is 0 Å². The first-order chi connectivity index (χ1) is 8.56. The minimum atomic E-state index is -0.298. The van der Waals surface area contributed by atoms with Crippen molar-refractivity contribution in [3.8, 4) is 0 Å². The standard InChI is InChI=1S/C13H14FNO2S/c1-9(16)18-11-6-13(17)15(8-11)7-10-4-2-3-5-12(10)14/h2-5,11H,6-8H2,1H3. The van der Waals surface area contributed by atoms with Crippen molar-refractivity contribution in [1.29, 1.82) is 0 Å². The van der Waals surface area contributed by atoms with Crippen molar-refractivity contribution >= 4 is 22.8 Å². The quantitative estimate of drug-likeness (QED) is 0.842. The molecular weight excluding hydrogens is 253 g/mol. The van der Waals surface area contributed by atoms with E-state index >= 15 is 0 Å². The van der Waals surface area contributed by atoms with E-state index in [4.69, 9.17) is 0 Å². The second-order valence-corrected chi connectivity index (χ2v) is 5.78. The van der Waals surface area contributed by atoms with Crippen LogP contribution in [0.5, 0.6) is 0 Å². The highest BCUT2D eigenvalue weighted by molar-refractivity contribution is 8.14. The number of carbonyl (C=O) groups excluding carboxylic acids is 2. The average Bonchev–Trinajstić information content (AvgIpc) is 2.61. The van der Waals surface area contributed by atoms with Crippen LogP contribution in [-0.2, 0) is 16.1 Å². The Hall–Kier alpha value is -1.36. The summed E-state index contributed by atoms with van der Waals surface area (Å²) in [6.07, 6.45) is 0.360. The van der Waals surface area contributed by atoms with Crippen LogP contribution >= 0.6 is 11.8 Å². The Morgan fingerprint density at radius 1 is 1.50 bits per heavy atom. The normalized spacial score (nSPS) is 19.3. The minimum Gasteiger partial charge on any atom is -0.337 e. The third-order valence-electron chi connectivity index (χ3n) is 2.83. The van der Waals surface area contributed by atoms with Crippen LogP contribution in [0.3, 0.4) is 0 Å². The molecule has 1 aliphatic heterocycles. The van der Waals surface area contributed by atoms with E-state index in [1.807, 2.05) is 0 Å². The van der Waals surface area contributed by atoms with E-state index in [0.717, 1.165) is 0 Å². The summed E-state index contributed by atoms with van der Waals surface area (Å²) in [6.45, 7) is 2.28. The molecule has 0 saturated carbocycles. The summed E-state index contributed by atoms with van der Waals surface area (Å²) in [7, 11) is 0. The molecule has 1 aliphatic rings. The Balaban J connectivity index is 2.01. The van der Waals surface area contributed by atoms with Crippen molar-refractivity contribution in [3.63, 3.8) is 0 Å². The molecule has 0 N–H and O–H groups in total. The molecule has 5 heteroatoms. The Morgan fingerprint density at radius 3 is 2.89 bits per heavy atom. The van der Waals surface area contributed by atoms with Gasteiger partial charge in [0, 0.05) is 37.2 Å². The molecule has 3 nitrogen and oxygen atoms in total. The van der Waals surface area contributed by atoms with Gasteiger partial charge in [-0.1, -0.05) is 30.0 Å². The van der Waals surface area contributed by atoms with Crippen LogP contribution in [0.2, 0.25) is 0 Å². The molecule has 0 radical (unpaired) electrons. The number of hydrogen-bond donors (Lipinski definition) is 0. The molecule has 18 heavy (non-hydrogen) atoms. The largest absolute Gasteiger partial charge is 0.337 e. The van der Waals surface area contributed by atoms with E-state index in [0.29, 0.717) is 18.5 Å². The number of likely N-dealkylation sites (tertiary alicyclic amines) is 1. The number of hydrogen-bond acceptors (Lipinski definition) is 3.